The van der Waals surface area contributed by atoms with E-state index in [1.807, 2.05) is 6.92 Å². The molecule has 3 aliphatic rings. The minimum absolute atomic E-state index is 0.00348. The molecule has 3 aliphatic carbocycles. The van der Waals surface area contributed by atoms with Crippen LogP contribution in [0, 0.1) is 10.8 Å². The van der Waals surface area contributed by atoms with Gasteiger partial charge in [-0.2, -0.15) is 0 Å². The fraction of sp³-hybridized carbons (Fsp3) is 0.917. The first-order chi connectivity index (χ1) is 7.16. The topological polar surface area (TPSA) is 46.5 Å². The summed E-state index contributed by atoms with van der Waals surface area (Å²) in [5.74, 6) is -0.00348. The van der Waals surface area contributed by atoms with Crippen molar-refractivity contribution < 1.29 is 14.6 Å². The molecule has 0 atom stereocenters. The summed E-state index contributed by atoms with van der Waals surface area (Å²) in [6, 6.07) is 0. The van der Waals surface area contributed by atoms with Gasteiger partial charge in [0.05, 0.1) is 12.0 Å². The average Bonchev–Trinajstić information content (AvgIpc) is 2.32. The number of esters is 1. The third-order valence-electron chi connectivity index (χ3n) is 4.45. The summed E-state index contributed by atoms with van der Waals surface area (Å²) in [4.78, 5) is 11.9. The zero-order valence-corrected chi connectivity index (χ0v) is 9.42. The molecule has 0 unspecified atom stereocenters. The second kappa shape index (κ2) is 3.78. The summed E-state index contributed by atoms with van der Waals surface area (Å²) in [6.45, 7) is 2.62. The Bertz CT molecular complexity index is 235. The SMILES string of the molecule is CCOC(=O)C12CCC(CO)(CC1)CC2. The summed E-state index contributed by atoms with van der Waals surface area (Å²) in [7, 11) is 0. The highest BCUT2D eigenvalue weighted by Gasteiger charge is 2.52. The Morgan fingerprint density at radius 2 is 1.73 bits per heavy atom. The summed E-state index contributed by atoms with van der Waals surface area (Å²) in [5, 5.41) is 9.38. The first-order valence-electron chi connectivity index (χ1n) is 5.95. The standard InChI is InChI=1S/C12H20O3/c1-2-15-10(14)12-6-3-11(9-13,4-7-12)5-8-12/h13H,2-9H2,1H3. The molecule has 2 bridgehead atoms. The molecule has 86 valence electrons. The molecular formula is C12H20O3. The van der Waals surface area contributed by atoms with Crippen LogP contribution in [0.1, 0.15) is 45.4 Å². The molecular weight excluding hydrogens is 192 g/mol. The Morgan fingerprint density at radius 3 is 2.13 bits per heavy atom. The number of hydrogen-bond acceptors (Lipinski definition) is 3. The van der Waals surface area contributed by atoms with Crippen LogP contribution >= 0.6 is 0 Å². The minimum atomic E-state index is -0.201. The van der Waals surface area contributed by atoms with E-state index < -0.39 is 0 Å². The average molecular weight is 212 g/mol. The lowest BCUT2D eigenvalue weighted by molar-refractivity contribution is -0.166. The van der Waals surface area contributed by atoms with Gasteiger partial charge in [0.2, 0.25) is 0 Å². The van der Waals surface area contributed by atoms with E-state index in [1.165, 1.54) is 0 Å². The lowest BCUT2D eigenvalue weighted by atomic mass is 9.54. The van der Waals surface area contributed by atoms with Crippen LogP contribution in [-0.2, 0) is 9.53 Å². The van der Waals surface area contributed by atoms with Crippen molar-refractivity contribution in [2.45, 2.75) is 45.4 Å². The van der Waals surface area contributed by atoms with Crippen LogP contribution in [0.15, 0.2) is 0 Å². The Balaban J connectivity index is 2.06. The molecule has 0 saturated heterocycles. The number of carbonyl (C=O) groups excluding carboxylic acids is 1. The van der Waals surface area contributed by atoms with Gasteiger partial charge in [0, 0.05) is 6.61 Å². The Labute approximate surface area is 90.8 Å². The van der Waals surface area contributed by atoms with Crippen molar-refractivity contribution in [1.82, 2.24) is 0 Å². The number of rotatable bonds is 3. The molecule has 1 N–H and O–H groups in total. The van der Waals surface area contributed by atoms with Crippen LogP contribution in [-0.4, -0.2) is 24.3 Å². The van der Waals surface area contributed by atoms with E-state index in [0.29, 0.717) is 6.61 Å². The van der Waals surface area contributed by atoms with Crippen molar-refractivity contribution >= 4 is 5.97 Å². The fourth-order valence-electron chi connectivity index (χ4n) is 3.09. The molecule has 3 heteroatoms. The van der Waals surface area contributed by atoms with Crippen LogP contribution < -0.4 is 0 Å². The highest BCUT2D eigenvalue weighted by Crippen LogP contribution is 2.57. The smallest absolute Gasteiger partial charge is 0.312 e. The molecule has 0 aliphatic heterocycles. The van der Waals surface area contributed by atoms with Crippen molar-refractivity contribution in [3.63, 3.8) is 0 Å². The van der Waals surface area contributed by atoms with Crippen molar-refractivity contribution in [2.75, 3.05) is 13.2 Å². The molecule has 3 nitrogen and oxygen atoms in total. The van der Waals surface area contributed by atoms with E-state index in [-0.39, 0.29) is 23.4 Å². The summed E-state index contributed by atoms with van der Waals surface area (Å²) in [5.41, 5.74) is -0.0683. The monoisotopic (exact) mass is 212 g/mol. The largest absolute Gasteiger partial charge is 0.466 e. The number of fused-ring (bicyclic) bond motifs is 3. The Morgan fingerprint density at radius 1 is 1.20 bits per heavy atom. The predicted octanol–water partition coefficient (Wildman–Crippen LogP) is 1.88. The van der Waals surface area contributed by atoms with Gasteiger partial charge in [0.1, 0.15) is 0 Å². The van der Waals surface area contributed by atoms with Crippen LogP contribution in [0.25, 0.3) is 0 Å². The van der Waals surface area contributed by atoms with Gasteiger partial charge >= 0.3 is 5.97 Å². The highest BCUT2D eigenvalue weighted by atomic mass is 16.5. The van der Waals surface area contributed by atoms with E-state index in [9.17, 15) is 9.90 Å². The van der Waals surface area contributed by atoms with Crippen molar-refractivity contribution in [3.8, 4) is 0 Å². The normalized spacial score (nSPS) is 39.1. The first kappa shape index (κ1) is 10.9. The molecule has 0 heterocycles. The molecule has 0 amide bonds. The van der Waals surface area contributed by atoms with Crippen LogP contribution in [0.3, 0.4) is 0 Å². The van der Waals surface area contributed by atoms with Gasteiger partial charge in [-0.25, -0.2) is 0 Å². The zero-order chi connectivity index (χ0) is 10.9. The summed E-state index contributed by atoms with van der Waals surface area (Å²) >= 11 is 0. The minimum Gasteiger partial charge on any atom is -0.466 e. The second-order valence-corrected chi connectivity index (χ2v) is 5.16. The lowest BCUT2D eigenvalue weighted by Crippen LogP contribution is -2.47. The van der Waals surface area contributed by atoms with Crippen LogP contribution in [0.4, 0.5) is 0 Å². The number of ether oxygens (including phenoxy) is 1. The molecule has 3 saturated carbocycles. The molecule has 3 fully saturated rings. The third kappa shape index (κ3) is 1.67. The van der Waals surface area contributed by atoms with Gasteiger partial charge in [-0.15, -0.1) is 0 Å². The van der Waals surface area contributed by atoms with Gasteiger partial charge in [-0.3, -0.25) is 4.79 Å². The molecule has 0 radical (unpaired) electrons. The third-order valence-corrected chi connectivity index (χ3v) is 4.45. The van der Waals surface area contributed by atoms with Gasteiger partial charge in [-0.05, 0) is 50.9 Å². The van der Waals surface area contributed by atoms with E-state index in [0.717, 1.165) is 38.5 Å². The molecule has 0 aromatic rings. The van der Waals surface area contributed by atoms with Gasteiger partial charge in [-0.1, -0.05) is 0 Å². The zero-order valence-electron chi connectivity index (χ0n) is 9.42. The Hall–Kier alpha value is -0.570. The molecule has 15 heavy (non-hydrogen) atoms. The predicted molar refractivity (Wildman–Crippen MR) is 56.3 cm³/mol. The summed E-state index contributed by atoms with van der Waals surface area (Å²) in [6.07, 6.45) is 5.69. The van der Waals surface area contributed by atoms with Crippen LogP contribution in [0.5, 0.6) is 0 Å². The highest BCUT2D eigenvalue weighted by molar-refractivity contribution is 5.77. The second-order valence-electron chi connectivity index (χ2n) is 5.16. The number of hydrogen-bond donors (Lipinski definition) is 1. The van der Waals surface area contributed by atoms with Crippen molar-refractivity contribution in [1.29, 1.82) is 0 Å². The van der Waals surface area contributed by atoms with E-state index >= 15 is 0 Å². The van der Waals surface area contributed by atoms with E-state index in [1.54, 1.807) is 0 Å². The lowest BCUT2D eigenvalue weighted by Gasteiger charge is -2.51. The maximum Gasteiger partial charge on any atom is 0.312 e. The van der Waals surface area contributed by atoms with Gasteiger partial charge in [0.25, 0.3) is 0 Å². The number of aliphatic hydroxyl groups excluding tert-OH is 1. The number of aliphatic hydroxyl groups is 1. The number of carbonyl (C=O) groups is 1. The quantitative estimate of drug-likeness (QED) is 0.727. The maximum absolute atomic E-state index is 11.9. The van der Waals surface area contributed by atoms with Gasteiger partial charge < -0.3 is 9.84 Å². The van der Waals surface area contributed by atoms with E-state index in [2.05, 4.69) is 0 Å². The van der Waals surface area contributed by atoms with Crippen molar-refractivity contribution in [2.24, 2.45) is 10.8 Å². The van der Waals surface area contributed by atoms with E-state index in [4.69, 9.17) is 4.74 Å². The van der Waals surface area contributed by atoms with Gasteiger partial charge in [0.15, 0.2) is 0 Å². The molecule has 0 spiro atoms. The van der Waals surface area contributed by atoms with Crippen molar-refractivity contribution in [3.05, 3.63) is 0 Å². The molecule has 0 aromatic heterocycles. The fourth-order valence-corrected chi connectivity index (χ4v) is 3.09. The Kier molecular flexibility index (Phi) is 2.75. The molecule has 0 aromatic carbocycles. The first-order valence-corrected chi connectivity index (χ1v) is 5.95. The molecule has 3 rings (SSSR count). The summed E-state index contributed by atoms with van der Waals surface area (Å²) < 4.78 is 5.17. The maximum atomic E-state index is 11.9. The van der Waals surface area contributed by atoms with Crippen LogP contribution in [0.2, 0.25) is 0 Å².